The predicted molar refractivity (Wildman–Crippen MR) is 68.2 cm³/mol. The Hall–Kier alpha value is -2.27. The fourth-order valence-electron chi connectivity index (χ4n) is 2.08. The number of hydrogen-bond donors (Lipinski definition) is 1. The van der Waals surface area contributed by atoms with E-state index >= 15 is 0 Å². The van der Waals surface area contributed by atoms with Gasteiger partial charge in [0.1, 0.15) is 11.9 Å². The molecule has 4 nitrogen and oxygen atoms in total. The highest BCUT2D eigenvalue weighted by molar-refractivity contribution is 5.55. The first-order valence-electron chi connectivity index (χ1n) is 5.88. The van der Waals surface area contributed by atoms with Crippen molar-refractivity contribution in [3.8, 4) is 0 Å². The quantitative estimate of drug-likeness (QED) is 0.766. The van der Waals surface area contributed by atoms with E-state index in [0.29, 0.717) is 16.7 Å². The Morgan fingerprint density at radius 2 is 2.16 bits per heavy atom. The van der Waals surface area contributed by atoms with Crippen molar-refractivity contribution >= 4 is 5.52 Å². The molecule has 0 bridgehead atoms. The summed E-state index contributed by atoms with van der Waals surface area (Å²) in [5, 5.41) is 14.5. The largest absolute Gasteiger partial charge is 0.384 e. The summed E-state index contributed by atoms with van der Waals surface area (Å²) in [6, 6.07) is 4.57. The zero-order chi connectivity index (χ0) is 13.4. The fourth-order valence-corrected chi connectivity index (χ4v) is 2.08. The van der Waals surface area contributed by atoms with Gasteiger partial charge in [-0.05, 0) is 24.1 Å². The molecule has 0 radical (unpaired) electrons. The van der Waals surface area contributed by atoms with E-state index in [2.05, 4.69) is 10.1 Å². The first-order chi connectivity index (χ1) is 9.16. The van der Waals surface area contributed by atoms with Gasteiger partial charge < -0.3 is 5.11 Å². The molecule has 0 aliphatic carbocycles. The summed E-state index contributed by atoms with van der Waals surface area (Å²) in [4.78, 5) is 4.02. The molecule has 0 aliphatic heterocycles. The van der Waals surface area contributed by atoms with Crippen LogP contribution in [0.3, 0.4) is 0 Å². The maximum Gasteiger partial charge on any atom is 0.126 e. The Morgan fingerprint density at radius 1 is 1.32 bits per heavy atom. The number of halogens is 1. The molecular weight excluding hydrogens is 245 g/mol. The lowest BCUT2D eigenvalue weighted by atomic mass is 10.0. The maximum atomic E-state index is 13.2. The van der Waals surface area contributed by atoms with Gasteiger partial charge in [0, 0.05) is 18.0 Å². The highest BCUT2D eigenvalue weighted by Gasteiger charge is 2.16. The van der Waals surface area contributed by atoms with E-state index in [1.165, 1.54) is 6.07 Å². The highest BCUT2D eigenvalue weighted by atomic mass is 19.1. The summed E-state index contributed by atoms with van der Waals surface area (Å²) < 4.78 is 14.9. The van der Waals surface area contributed by atoms with E-state index in [1.54, 1.807) is 48.4 Å². The zero-order valence-electron chi connectivity index (χ0n) is 10.3. The van der Waals surface area contributed by atoms with Gasteiger partial charge in [0.05, 0.1) is 17.9 Å². The number of fused-ring (bicyclic) bond motifs is 1. The van der Waals surface area contributed by atoms with Crippen LogP contribution >= 0.6 is 0 Å². The van der Waals surface area contributed by atoms with Crippen molar-refractivity contribution in [3.05, 3.63) is 65.5 Å². The monoisotopic (exact) mass is 257 g/mol. The Labute approximate surface area is 109 Å². The van der Waals surface area contributed by atoms with Crippen molar-refractivity contribution in [2.24, 2.45) is 0 Å². The minimum atomic E-state index is -0.846. The third-order valence-corrected chi connectivity index (χ3v) is 3.15. The van der Waals surface area contributed by atoms with Crippen LogP contribution in [0.2, 0.25) is 0 Å². The molecule has 1 unspecified atom stereocenters. The first kappa shape index (κ1) is 11.8. The van der Waals surface area contributed by atoms with Crippen LogP contribution in [-0.4, -0.2) is 19.7 Å². The van der Waals surface area contributed by atoms with Gasteiger partial charge in [-0.25, -0.2) is 8.91 Å². The molecule has 5 heteroatoms. The molecule has 0 saturated heterocycles. The second kappa shape index (κ2) is 4.44. The Bertz CT molecular complexity index is 738. The van der Waals surface area contributed by atoms with E-state index in [9.17, 15) is 9.50 Å². The van der Waals surface area contributed by atoms with E-state index < -0.39 is 6.10 Å². The van der Waals surface area contributed by atoms with Crippen LogP contribution in [0.15, 0.2) is 43.0 Å². The molecule has 2 heterocycles. The summed E-state index contributed by atoms with van der Waals surface area (Å²) >= 11 is 0. The van der Waals surface area contributed by atoms with Crippen molar-refractivity contribution < 1.29 is 9.50 Å². The van der Waals surface area contributed by atoms with Gasteiger partial charge in [-0.3, -0.25) is 4.98 Å². The molecule has 1 aromatic carbocycles. The summed E-state index contributed by atoms with van der Waals surface area (Å²) in [5.41, 5.74) is 2.53. The molecule has 0 amide bonds. The van der Waals surface area contributed by atoms with Crippen LogP contribution in [0.4, 0.5) is 4.39 Å². The minimum Gasteiger partial charge on any atom is -0.384 e. The van der Waals surface area contributed by atoms with Gasteiger partial charge in [-0.2, -0.15) is 5.10 Å². The van der Waals surface area contributed by atoms with E-state index in [1.807, 2.05) is 0 Å². The zero-order valence-corrected chi connectivity index (χ0v) is 10.3. The molecule has 0 aliphatic rings. The van der Waals surface area contributed by atoms with Crippen LogP contribution in [0, 0.1) is 12.7 Å². The topological polar surface area (TPSA) is 50.4 Å². The number of nitrogens with zero attached hydrogens (tertiary/aromatic N) is 3. The van der Waals surface area contributed by atoms with Gasteiger partial charge in [0.25, 0.3) is 0 Å². The Balaban J connectivity index is 2.08. The highest BCUT2D eigenvalue weighted by Crippen LogP contribution is 2.26. The first-order valence-corrected chi connectivity index (χ1v) is 5.88. The third kappa shape index (κ3) is 1.98. The second-order valence-electron chi connectivity index (χ2n) is 4.42. The van der Waals surface area contributed by atoms with Crippen molar-refractivity contribution in [2.45, 2.75) is 13.0 Å². The molecule has 1 N–H and O–H groups in total. The number of aryl methyl sites for hydroxylation is 1. The van der Waals surface area contributed by atoms with Crippen molar-refractivity contribution in [2.75, 3.05) is 0 Å². The Kier molecular flexibility index (Phi) is 2.76. The molecule has 96 valence electrons. The third-order valence-electron chi connectivity index (χ3n) is 3.15. The summed E-state index contributed by atoms with van der Waals surface area (Å²) in [6.45, 7) is 1.67. The molecule has 0 fully saturated rings. The van der Waals surface area contributed by atoms with Crippen molar-refractivity contribution in [3.63, 3.8) is 0 Å². The standard InChI is InChI=1S/C14H12FN3O/c1-9-6-10(2-3-12(9)15)14(19)11-7-17-18-5-4-16-8-13(11)18/h2-8,14,19H,1H3. The second-order valence-corrected chi connectivity index (χ2v) is 4.42. The number of benzene rings is 1. The van der Waals surface area contributed by atoms with Crippen molar-refractivity contribution in [1.29, 1.82) is 0 Å². The van der Waals surface area contributed by atoms with Crippen LogP contribution in [0.1, 0.15) is 22.8 Å². The molecule has 3 rings (SSSR count). The lowest BCUT2D eigenvalue weighted by molar-refractivity contribution is 0.221. The van der Waals surface area contributed by atoms with E-state index in [4.69, 9.17) is 0 Å². The number of rotatable bonds is 2. The van der Waals surface area contributed by atoms with Gasteiger partial charge >= 0.3 is 0 Å². The molecular formula is C14H12FN3O. The molecule has 0 spiro atoms. The summed E-state index contributed by atoms with van der Waals surface area (Å²) in [7, 11) is 0. The normalized spacial score (nSPS) is 12.8. The maximum absolute atomic E-state index is 13.2. The van der Waals surface area contributed by atoms with E-state index in [0.717, 1.165) is 5.52 Å². The van der Waals surface area contributed by atoms with Crippen molar-refractivity contribution in [1.82, 2.24) is 14.6 Å². The summed E-state index contributed by atoms with van der Waals surface area (Å²) in [6.07, 6.45) is 5.73. The van der Waals surface area contributed by atoms with Gasteiger partial charge in [0.15, 0.2) is 0 Å². The van der Waals surface area contributed by atoms with Crippen LogP contribution in [0.25, 0.3) is 5.52 Å². The number of aliphatic hydroxyl groups is 1. The van der Waals surface area contributed by atoms with Gasteiger partial charge in [0.2, 0.25) is 0 Å². The smallest absolute Gasteiger partial charge is 0.126 e. The fraction of sp³-hybridized carbons (Fsp3) is 0.143. The average Bonchev–Trinajstić information content (AvgIpc) is 2.85. The number of aliphatic hydroxyl groups excluding tert-OH is 1. The Morgan fingerprint density at radius 3 is 2.95 bits per heavy atom. The molecule has 0 saturated carbocycles. The van der Waals surface area contributed by atoms with Gasteiger partial charge in [-0.15, -0.1) is 0 Å². The molecule has 1 atom stereocenters. The SMILES string of the molecule is Cc1cc(C(O)c2cnn3ccncc23)ccc1F. The number of hydrogen-bond acceptors (Lipinski definition) is 3. The van der Waals surface area contributed by atoms with Crippen LogP contribution in [0.5, 0.6) is 0 Å². The number of aromatic nitrogens is 3. The average molecular weight is 257 g/mol. The lowest BCUT2D eigenvalue weighted by Crippen LogP contribution is -2.00. The molecule has 2 aromatic heterocycles. The lowest BCUT2D eigenvalue weighted by Gasteiger charge is -2.10. The van der Waals surface area contributed by atoms with E-state index in [-0.39, 0.29) is 5.82 Å². The van der Waals surface area contributed by atoms with Gasteiger partial charge in [-0.1, -0.05) is 12.1 Å². The molecule has 3 aromatic rings. The molecule has 19 heavy (non-hydrogen) atoms. The van der Waals surface area contributed by atoms with Crippen LogP contribution < -0.4 is 0 Å². The predicted octanol–water partition coefficient (Wildman–Crippen LogP) is 2.26. The summed E-state index contributed by atoms with van der Waals surface area (Å²) in [5.74, 6) is -0.280. The minimum absolute atomic E-state index is 0.280. The van der Waals surface area contributed by atoms with Crippen LogP contribution in [-0.2, 0) is 0 Å².